The molecule has 3 heterocycles. The molecule has 4 atom stereocenters. The molecule has 0 aromatic carbocycles. The van der Waals surface area contributed by atoms with Crippen molar-refractivity contribution >= 4 is 11.9 Å². The molecule has 31 heavy (non-hydrogen) atoms. The third-order valence-electron chi connectivity index (χ3n) is 4.35. The summed E-state index contributed by atoms with van der Waals surface area (Å²) in [5, 5.41) is 29.3. The van der Waals surface area contributed by atoms with Gasteiger partial charge >= 0.3 is 17.6 Å². The Morgan fingerprint density at radius 3 is 2.55 bits per heavy atom. The number of esters is 2. The van der Waals surface area contributed by atoms with E-state index < -0.39 is 60.8 Å². The molecule has 13 nitrogen and oxygen atoms in total. The Labute approximate surface area is 173 Å². The predicted molar refractivity (Wildman–Crippen MR) is 98.5 cm³/mol. The minimum Gasteiger partial charge on any atom is -0.506 e. The van der Waals surface area contributed by atoms with Crippen molar-refractivity contribution in [2.45, 2.75) is 37.6 Å². The lowest BCUT2D eigenvalue weighted by Gasteiger charge is -2.16. The zero-order chi connectivity index (χ0) is 22.5. The first-order chi connectivity index (χ1) is 14.7. The molecule has 1 fully saturated rings. The van der Waals surface area contributed by atoms with Gasteiger partial charge < -0.3 is 29.5 Å². The predicted octanol–water partition coefficient (Wildman–Crippen LogP) is -2.07. The van der Waals surface area contributed by atoms with E-state index in [0.717, 1.165) is 16.8 Å². The number of aromatic nitrogens is 3. The lowest BCUT2D eigenvalue weighted by molar-refractivity contribution is -0.158. The molecule has 1 aliphatic rings. The van der Waals surface area contributed by atoms with Gasteiger partial charge in [0, 0.05) is 12.3 Å². The number of aliphatic hydroxyl groups excluding tert-OH is 2. The summed E-state index contributed by atoms with van der Waals surface area (Å²) in [4.78, 5) is 52.3. The zero-order valence-corrected chi connectivity index (χ0v) is 15.9. The Kier molecular flexibility index (Phi) is 6.79. The molecule has 0 spiro atoms. The molecule has 0 bridgehead atoms. The van der Waals surface area contributed by atoms with Crippen molar-refractivity contribution < 1.29 is 39.1 Å². The van der Waals surface area contributed by atoms with Crippen molar-refractivity contribution in [3.8, 4) is 5.75 Å². The first-order valence-electron chi connectivity index (χ1n) is 9.03. The molecular weight excluding hydrogens is 418 g/mol. The van der Waals surface area contributed by atoms with E-state index >= 15 is 0 Å². The number of nitrogens with one attached hydrogen (secondary N) is 1. The second kappa shape index (κ2) is 9.51. The molecule has 0 saturated carbocycles. The minimum atomic E-state index is -1.53. The highest BCUT2D eigenvalue weighted by Gasteiger charge is 2.44. The van der Waals surface area contributed by atoms with Gasteiger partial charge in [-0.25, -0.2) is 4.79 Å². The first-order valence-corrected chi connectivity index (χ1v) is 9.03. The highest BCUT2D eigenvalue weighted by Crippen LogP contribution is 2.28. The van der Waals surface area contributed by atoms with Crippen LogP contribution in [-0.4, -0.2) is 66.7 Å². The van der Waals surface area contributed by atoms with E-state index in [0.29, 0.717) is 5.69 Å². The Morgan fingerprint density at radius 1 is 1.13 bits per heavy atom. The fourth-order valence-electron chi connectivity index (χ4n) is 2.78. The second-order valence-corrected chi connectivity index (χ2v) is 6.59. The number of aromatic amines is 1. The molecule has 0 unspecified atom stereocenters. The van der Waals surface area contributed by atoms with Crippen molar-refractivity contribution in [2.75, 3.05) is 6.61 Å². The van der Waals surface area contributed by atoms with Crippen LogP contribution in [0.3, 0.4) is 0 Å². The topological polar surface area (TPSA) is 190 Å². The fraction of sp³-hybridized carbons (Fsp3) is 0.389. The highest BCUT2D eigenvalue weighted by atomic mass is 16.6. The van der Waals surface area contributed by atoms with Gasteiger partial charge in [-0.1, -0.05) is 0 Å². The van der Waals surface area contributed by atoms with Crippen LogP contribution in [-0.2, 0) is 30.4 Å². The van der Waals surface area contributed by atoms with E-state index in [-0.39, 0.29) is 12.4 Å². The van der Waals surface area contributed by atoms with Gasteiger partial charge in [0.05, 0.1) is 11.9 Å². The Balaban J connectivity index is 1.48. The normalized spacial score (nSPS) is 22.8. The molecule has 4 N–H and O–H groups in total. The summed E-state index contributed by atoms with van der Waals surface area (Å²) < 4.78 is 16.0. The van der Waals surface area contributed by atoms with Gasteiger partial charge in [0.25, 0.3) is 5.56 Å². The van der Waals surface area contributed by atoms with Crippen molar-refractivity contribution in [3.63, 3.8) is 0 Å². The number of hydrogen-bond acceptors (Lipinski definition) is 11. The standard InChI is InChI=1S/C18H19N3O10/c22-10-2-1-9(19-6-10)7-29-13(24)5-14(25)30-8-11-15(26)16(27)17(31-11)21-4-3-12(23)20-18(21)28/h1-4,6,11,15-17,22,26-27H,5,7-8H2,(H,20,23,28)/t11-,15-,16-,17-/m1/s1. The molecule has 1 saturated heterocycles. The highest BCUT2D eigenvalue weighted by molar-refractivity contribution is 5.91. The summed E-state index contributed by atoms with van der Waals surface area (Å²) in [6.07, 6.45) is -3.97. The number of hydrogen-bond donors (Lipinski definition) is 4. The number of rotatable bonds is 7. The molecule has 2 aromatic heterocycles. The SMILES string of the molecule is O=C(CC(=O)OC[C@H]1O[C@@H](n2ccc(=O)[nH]c2=O)[C@H](O)[C@@H]1O)OCc1ccc(O)cn1. The fourth-order valence-corrected chi connectivity index (χ4v) is 2.78. The van der Waals surface area contributed by atoms with Crippen LogP contribution in [0, 0.1) is 0 Å². The number of pyridine rings is 1. The number of carbonyl (C=O) groups excluding carboxylic acids is 2. The van der Waals surface area contributed by atoms with Gasteiger partial charge in [-0.3, -0.25) is 28.9 Å². The van der Waals surface area contributed by atoms with Gasteiger partial charge in [0.2, 0.25) is 0 Å². The van der Waals surface area contributed by atoms with Crippen LogP contribution < -0.4 is 11.2 Å². The molecule has 13 heteroatoms. The maximum absolute atomic E-state index is 11.8. The van der Waals surface area contributed by atoms with Crippen LogP contribution >= 0.6 is 0 Å². The molecule has 0 radical (unpaired) electrons. The lowest BCUT2D eigenvalue weighted by atomic mass is 10.1. The third kappa shape index (κ3) is 5.53. The number of aliphatic hydroxyl groups is 2. The van der Waals surface area contributed by atoms with Crippen molar-refractivity contribution in [1.82, 2.24) is 14.5 Å². The molecule has 2 aromatic rings. The quantitative estimate of drug-likeness (QED) is 0.275. The summed E-state index contributed by atoms with van der Waals surface area (Å²) in [6.45, 7) is -0.711. The Hall–Kier alpha value is -3.55. The second-order valence-electron chi connectivity index (χ2n) is 6.59. The Bertz CT molecular complexity index is 1050. The van der Waals surface area contributed by atoms with Gasteiger partial charge in [-0.05, 0) is 12.1 Å². The van der Waals surface area contributed by atoms with E-state index in [1.165, 1.54) is 18.3 Å². The summed E-state index contributed by atoms with van der Waals surface area (Å²) in [5.41, 5.74) is -1.14. The molecule has 166 valence electrons. The molecule has 1 aliphatic heterocycles. The van der Waals surface area contributed by atoms with Crippen LogP contribution in [0.1, 0.15) is 18.3 Å². The summed E-state index contributed by atoms with van der Waals surface area (Å²) in [6, 6.07) is 3.84. The van der Waals surface area contributed by atoms with Crippen LogP contribution in [0.2, 0.25) is 0 Å². The van der Waals surface area contributed by atoms with Gasteiger partial charge in [-0.15, -0.1) is 0 Å². The average molecular weight is 437 g/mol. The van der Waals surface area contributed by atoms with Crippen LogP contribution in [0.25, 0.3) is 0 Å². The van der Waals surface area contributed by atoms with E-state index in [1.807, 2.05) is 4.98 Å². The lowest BCUT2D eigenvalue weighted by Crippen LogP contribution is -2.37. The zero-order valence-electron chi connectivity index (χ0n) is 15.9. The summed E-state index contributed by atoms with van der Waals surface area (Å²) >= 11 is 0. The molecule has 0 aliphatic carbocycles. The number of aromatic hydroxyl groups is 1. The number of nitrogens with zero attached hydrogens (tertiary/aromatic N) is 2. The van der Waals surface area contributed by atoms with E-state index in [1.54, 1.807) is 0 Å². The van der Waals surface area contributed by atoms with E-state index in [4.69, 9.17) is 19.3 Å². The summed E-state index contributed by atoms with van der Waals surface area (Å²) in [7, 11) is 0. The minimum absolute atomic E-state index is 0.0484. The summed E-state index contributed by atoms with van der Waals surface area (Å²) in [5.74, 6) is -1.89. The average Bonchev–Trinajstić information content (AvgIpc) is 3.00. The van der Waals surface area contributed by atoms with Crippen molar-refractivity contribution in [3.05, 3.63) is 57.1 Å². The van der Waals surface area contributed by atoms with E-state index in [2.05, 4.69) is 4.98 Å². The molecular formula is C18H19N3O10. The molecule has 3 rings (SSSR count). The maximum atomic E-state index is 11.8. The van der Waals surface area contributed by atoms with Crippen LogP contribution in [0.15, 0.2) is 40.2 Å². The van der Waals surface area contributed by atoms with E-state index in [9.17, 15) is 29.4 Å². The first kappa shape index (κ1) is 22.1. The van der Waals surface area contributed by atoms with Gasteiger partial charge in [0.1, 0.15) is 43.7 Å². The smallest absolute Gasteiger partial charge is 0.330 e. The maximum Gasteiger partial charge on any atom is 0.330 e. The molecule has 0 amide bonds. The number of ether oxygens (including phenoxy) is 3. The van der Waals surface area contributed by atoms with Gasteiger partial charge in [0.15, 0.2) is 6.23 Å². The monoisotopic (exact) mass is 437 g/mol. The van der Waals surface area contributed by atoms with Crippen LogP contribution in [0.4, 0.5) is 0 Å². The largest absolute Gasteiger partial charge is 0.506 e. The number of H-pyrrole nitrogens is 1. The van der Waals surface area contributed by atoms with Crippen LogP contribution in [0.5, 0.6) is 5.75 Å². The Morgan fingerprint density at radius 2 is 1.87 bits per heavy atom. The van der Waals surface area contributed by atoms with Crippen molar-refractivity contribution in [1.29, 1.82) is 0 Å². The third-order valence-corrected chi connectivity index (χ3v) is 4.35. The number of carbonyl (C=O) groups is 2. The van der Waals surface area contributed by atoms with Crippen molar-refractivity contribution in [2.24, 2.45) is 0 Å². The van der Waals surface area contributed by atoms with Gasteiger partial charge in [-0.2, -0.15) is 0 Å².